The summed E-state index contributed by atoms with van der Waals surface area (Å²) in [5, 5.41) is 14.6. The highest BCUT2D eigenvalue weighted by atomic mass is 35.5. The third kappa shape index (κ3) is 3.70. The minimum atomic E-state index is 0.501. The minimum Gasteiger partial charge on any atom is -0.491 e. The van der Waals surface area contributed by atoms with Crippen LogP contribution in [0.2, 0.25) is 5.02 Å². The van der Waals surface area contributed by atoms with Crippen LogP contribution >= 0.6 is 11.6 Å². The monoisotopic (exact) mass is 340 g/mol. The molecular formula is C19H17ClN2O2. The number of hydrogen-bond acceptors (Lipinski definition) is 4. The summed E-state index contributed by atoms with van der Waals surface area (Å²) in [6.07, 6.45) is 0. The van der Waals surface area contributed by atoms with Crippen molar-refractivity contribution in [1.29, 1.82) is 5.26 Å². The lowest BCUT2D eigenvalue weighted by Gasteiger charge is -2.10. The standard InChI is InChI=1S/C19H17ClN2O2/c1-13-2-5-16(24-13)12-22-8-9-23-18-7-4-15-10-14(11-21)3-6-17(15)19(18)20/h2-7,10,22H,8-9,12H2,1H3. The van der Waals surface area contributed by atoms with E-state index in [1.165, 1.54) is 0 Å². The smallest absolute Gasteiger partial charge is 0.138 e. The molecule has 0 radical (unpaired) electrons. The molecule has 3 aromatic rings. The van der Waals surface area contributed by atoms with E-state index in [0.717, 1.165) is 22.3 Å². The molecule has 0 atom stereocenters. The van der Waals surface area contributed by atoms with Crippen LogP contribution in [0.3, 0.4) is 0 Å². The second kappa shape index (κ2) is 7.39. The van der Waals surface area contributed by atoms with Crippen LogP contribution in [0, 0.1) is 18.3 Å². The number of fused-ring (bicyclic) bond motifs is 1. The van der Waals surface area contributed by atoms with E-state index in [9.17, 15) is 0 Å². The number of nitrogens with one attached hydrogen (secondary N) is 1. The Bertz CT molecular complexity index is 896. The first-order valence-electron chi connectivity index (χ1n) is 7.68. The highest BCUT2D eigenvalue weighted by Crippen LogP contribution is 2.33. The highest BCUT2D eigenvalue weighted by Gasteiger charge is 2.07. The van der Waals surface area contributed by atoms with Gasteiger partial charge in [-0.05, 0) is 42.6 Å². The van der Waals surface area contributed by atoms with Crippen LogP contribution in [0.5, 0.6) is 5.75 Å². The van der Waals surface area contributed by atoms with Gasteiger partial charge in [-0.15, -0.1) is 0 Å². The van der Waals surface area contributed by atoms with Crippen molar-refractivity contribution in [3.63, 3.8) is 0 Å². The first kappa shape index (κ1) is 16.4. The van der Waals surface area contributed by atoms with Gasteiger partial charge in [0.15, 0.2) is 0 Å². The third-order valence-electron chi connectivity index (χ3n) is 3.68. The summed E-state index contributed by atoms with van der Waals surface area (Å²) in [5.41, 5.74) is 0.615. The number of ether oxygens (including phenoxy) is 1. The summed E-state index contributed by atoms with van der Waals surface area (Å²) in [6.45, 7) is 3.77. The van der Waals surface area contributed by atoms with Gasteiger partial charge in [-0.25, -0.2) is 0 Å². The van der Waals surface area contributed by atoms with Gasteiger partial charge in [-0.3, -0.25) is 0 Å². The molecule has 1 aromatic heterocycles. The van der Waals surface area contributed by atoms with Crippen molar-refractivity contribution in [2.75, 3.05) is 13.2 Å². The van der Waals surface area contributed by atoms with Crippen LogP contribution in [0.1, 0.15) is 17.1 Å². The van der Waals surface area contributed by atoms with Crippen molar-refractivity contribution in [2.45, 2.75) is 13.5 Å². The number of aryl methyl sites for hydroxylation is 1. The van der Waals surface area contributed by atoms with Crippen LogP contribution in [-0.2, 0) is 6.54 Å². The zero-order valence-corrected chi connectivity index (χ0v) is 14.1. The zero-order chi connectivity index (χ0) is 16.9. The number of hydrogen-bond donors (Lipinski definition) is 1. The molecule has 0 spiro atoms. The molecule has 0 aliphatic rings. The highest BCUT2D eigenvalue weighted by molar-refractivity contribution is 6.37. The van der Waals surface area contributed by atoms with Gasteiger partial charge in [0.05, 0.1) is 23.2 Å². The van der Waals surface area contributed by atoms with Crippen molar-refractivity contribution < 1.29 is 9.15 Å². The molecule has 0 bridgehead atoms. The summed E-state index contributed by atoms with van der Waals surface area (Å²) in [6, 6.07) is 15.2. The maximum Gasteiger partial charge on any atom is 0.138 e. The van der Waals surface area contributed by atoms with Crippen LogP contribution in [0.4, 0.5) is 0 Å². The van der Waals surface area contributed by atoms with Crippen LogP contribution in [0.25, 0.3) is 10.8 Å². The van der Waals surface area contributed by atoms with Crippen molar-refractivity contribution in [3.8, 4) is 11.8 Å². The predicted octanol–water partition coefficient (Wildman–Crippen LogP) is 4.43. The molecule has 0 fully saturated rings. The van der Waals surface area contributed by atoms with Crippen LogP contribution in [-0.4, -0.2) is 13.2 Å². The molecule has 2 aromatic carbocycles. The molecule has 5 heteroatoms. The Balaban J connectivity index is 1.57. The first-order chi connectivity index (χ1) is 11.7. The summed E-state index contributed by atoms with van der Waals surface area (Å²) < 4.78 is 11.2. The van der Waals surface area contributed by atoms with E-state index in [-0.39, 0.29) is 0 Å². The Morgan fingerprint density at radius 1 is 1.21 bits per heavy atom. The number of halogens is 1. The Hall–Kier alpha value is -2.48. The van der Waals surface area contributed by atoms with Gasteiger partial charge >= 0.3 is 0 Å². The Morgan fingerprint density at radius 2 is 2.08 bits per heavy atom. The lowest BCUT2D eigenvalue weighted by Crippen LogP contribution is -2.20. The Kier molecular flexibility index (Phi) is 5.05. The van der Waals surface area contributed by atoms with Crippen molar-refractivity contribution >= 4 is 22.4 Å². The van der Waals surface area contributed by atoms with E-state index in [1.807, 2.05) is 43.3 Å². The van der Waals surface area contributed by atoms with Gasteiger partial charge in [0.1, 0.15) is 23.9 Å². The van der Waals surface area contributed by atoms with E-state index < -0.39 is 0 Å². The molecule has 0 aliphatic carbocycles. The number of rotatable bonds is 6. The molecule has 0 aliphatic heterocycles. The van der Waals surface area contributed by atoms with E-state index in [4.69, 9.17) is 26.0 Å². The summed E-state index contributed by atoms with van der Waals surface area (Å²) >= 11 is 6.41. The Labute approximate surface area is 145 Å². The second-order valence-corrected chi connectivity index (χ2v) is 5.84. The predicted molar refractivity (Wildman–Crippen MR) is 94.3 cm³/mol. The fourth-order valence-electron chi connectivity index (χ4n) is 2.48. The zero-order valence-electron chi connectivity index (χ0n) is 13.3. The van der Waals surface area contributed by atoms with Gasteiger partial charge < -0.3 is 14.5 Å². The average Bonchev–Trinajstić information content (AvgIpc) is 3.01. The van der Waals surface area contributed by atoms with Crippen molar-refractivity contribution in [3.05, 3.63) is 64.6 Å². The molecule has 0 saturated heterocycles. The number of nitrogens with zero attached hydrogens (tertiary/aromatic N) is 1. The molecule has 4 nitrogen and oxygen atoms in total. The fraction of sp³-hybridized carbons (Fsp3) is 0.211. The Morgan fingerprint density at radius 3 is 2.83 bits per heavy atom. The molecule has 0 unspecified atom stereocenters. The van der Waals surface area contributed by atoms with Gasteiger partial charge in [0.2, 0.25) is 0 Å². The van der Waals surface area contributed by atoms with E-state index in [0.29, 0.717) is 36.0 Å². The molecule has 0 saturated carbocycles. The van der Waals surface area contributed by atoms with Gasteiger partial charge in [0, 0.05) is 11.9 Å². The van der Waals surface area contributed by atoms with E-state index in [1.54, 1.807) is 6.07 Å². The lowest BCUT2D eigenvalue weighted by atomic mass is 10.1. The quantitative estimate of drug-likeness (QED) is 0.674. The molecular weight excluding hydrogens is 324 g/mol. The van der Waals surface area contributed by atoms with Gasteiger partial charge in [0.25, 0.3) is 0 Å². The second-order valence-electron chi connectivity index (χ2n) is 5.46. The fourth-order valence-corrected chi connectivity index (χ4v) is 2.77. The van der Waals surface area contributed by atoms with Crippen molar-refractivity contribution in [1.82, 2.24) is 5.32 Å². The topological polar surface area (TPSA) is 58.2 Å². The summed E-state index contributed by atoms with van der Waals surface area (Å²) in [5.74, 6) is 2.46. The number of furan rings is 1. The number of benzene rings is 2. The normalized spacial score (nSPS) is 10.7. The molecule has 1 heterocycles. The largest absolute Gasteiger partial charge is 0.491 e. The molecule has 24 heavy (non-hydrogen) atoms. The number of nitriles is 1. The molecule has 122 valence electrons. The SMILES string of the molecule is Cc1ccc(CNCCOc2ccc3cc(C#N)ccc3c2Cl)o1. The maximum atomic E-state index is 8.95. The molecule has 0 amide bonds. The van der Waals surface area contributed by atoms with Crippen LogP contribution < -0.4 is 10.1 Å². The van der Waals surface area contributed by atoms with E-state index >= 15 is 0 Å². The molecule has 1 N–H and O–H groups in total. The van der Waals surface area contributed by atoms with Crippen molar-refractivity contribution in [2.24, 2.45) is 0 Å². The molecule has 3 rings (SSSR count). The average molecular weight is 341 g/mol. The van der Waals surface area contributed by atoms with Gasteiger partial charge in [-0.2, -0.15) is 5.26 Å². The maximum absolute atomic E-state index is 8.95. The lowest BCUT2D eigenvalue weighted by molar-refractivity contribution is 0.311. The first-order valence-corrected chi connectivity index (χ1v) is 8.06. The summed E-state index contributed by atoms with van der Waals surface area (Å²) in [7, 11) is 0. The van der Waals surface area contributed by atoms with Gasteiger partial charge in [-0.1, -0.05) is 23.7 Å². The summed E-state index contributed by atoms with van der Waals surface area (Å²) in [4.78, 5) is 0. The van der Waals surface area contributed by atoms with E-state index in [2.05, 4.69) is 11.4 Å². The third-order valence-corrected chi connectivity index (χ3v) is 4.07. The van der Waals surface area contributed by atoms with Crippen LogP contribution in [0.15, 0.2) is 46.9 Å². The minimum absolute atomic E-state index is 0.501.